The van der Waals surface area contributed by atoms with Crippen molar-refractivity contribution >= 4 is 17.4 Å². The highest BCUT2D eigenvalue weighted by molar-refractivity contribution is 5.93. The van der Waals surface area contributed by atoms with Crippen LogP contribution in [0.25, 0.3) is 5.65 Å². The molecule has 0 aliphatic carbocycles. The first-order valence-electron chi connectivity index (χ1n) is 11.0. The number of hydrogen-bond acceptors (Lipinski definition) is 7. The standard InChI is InChI=1S/C24H26N8O/c1-17-16-30(2)10-11-31(17)22-12-21(29-23-20(4-3-9-25)15-28-32(22)23)24(33)27-14-19-7-5-18(13-26)6-8-19/h5-8,12,15,17H,3-4,10-11,14,16H2,1-2H3,(H,27,33). The van der Waals surface area contributed by atoms with E-state index < -0.39 is 0 Å². The van der Waals surface area contributed by atoms with Crippen LogP contribution in [-0.2, 0) is 13.0 Å². The van der Waals surface area contributed by atoms with Crippen LogP contribution in [0.2, 0.25) is 0 Å². The molecule has 1 N–H and O–H groups in total. The van der Waals surface area contributed by atoms with E-state index in [1.54, 1.807) is 28.9 Å². The zero-order chi connectivity index (χ0) is 23.4. The normalized spacial score (nSPS) is 16.4. The molecule has 1 unspecified atom stereocenters. The SMILES string of the molecule is CC1CN(C)CCN1c1cc(C(=O)NCc2ccc(C#N)cc2)nc2c(CCC#N)cnn12. The van der Waals surface area contributed by atoms with Gasteiger partial charge in [0.2, 0.25) is 0 Å². The smallest absolute Gasteiger partial charge is 0.270 e. The van der Waals surface area contributed by atoms with Crippen molar-refractivity contribution in [3.8, 4) is 12.1 Å². The third-order valence-corrected chi connectivity index (χ3v) is 5.93. The maximum atomic E-state index is 13.1. The minimum Gasteiger partial charge on any atom is -0.351 e. The number of benzene rings is 1. The molecule has 168 valence electrons. The Bertz CT molecular complexity index is 1230. The van der Waals surface area contributed by atoms with Crippen LogP contribution in [0.15, 0.2) is 36.5 Å². The highest BCUT2D eigenvalue weighted by Gasteiger charge is 2.26. The van der Waals surface area contributed by atoms with E-state index in [0.717, 1.165) is 36.6 Å². The van der Waals surface area contributed by atoms with Crippen LogP contribution in [-0.4, -0.2) is 58.1 Å². The van der Waals surface area contributed by atoms with E-state index in [0.29, 0.717) is 36.3 Å². The summed E-state index contributed by atoms with van der Waals surface area (Å²) in [5.74, 6) is 0.546. The van der Waals surface area contributed by atoms with E-state index in [1.807, 2.05) is 12.1 Å². The maximum Gasteiger partial charge on any atom is 0.270 e. The summed E-state index contributed by atoms with van der Waals surface area (Å²) in [6.45, 7) is 5.13. The van der Waals surface area contributed by atoms with E-state index in [1.165, 1.54) is 0 Å². The van der Waals surface area contributed by atoms with Gasteiger partial charge < -0.3 is 15.1 Å². The molecule has 2 aromatic heterocycles. The van der Waals surface area contributed by atoms with Crippen LogP contribution in [0, 0.1) is 22.7 Å². The van der Waals surface area contributed by atoms with Gasteiger partial charge in [0.15, 0.2) is 5.65 Å². The van der Waals surface area contributed by atoms with Gasteiger partial charge >= 0.3 is 0 Å². The van der Waals surface area contributed by atoms with Crippen LogP contribution in [0.1, 0.15) is 40.5 Å². The second-order valence-electron chi connectivity index (χ2n) is 8.36. The molecule has 0 saturated carbocycles. The molecule has 1 fully saturated rings. The minimum absolute atomic E-state index is 0.246. The molecule has 1 aromatic carbocycles. The lowest BCUT2D eigenvalue weighted by molar-refractivity contribution is 0.0946. The highest BCUT2D eigenvalue weighted by atomic mass is 16.1. The average molecular weight is 443 g/mol. The third kappa shape index (κ3) is 4.79. The fraction of sp³-hybridized carbons (Fsp3) is 0.375. The lowest BCUT2D eigenvalue weighted by atomic mass is 10.1. The summed E-state index contributed by atoms with van der Waals surface area (Å²) in [6, 6.07) is 13.4. The molecule has 9 nitrogen and oxygen atoms in total. The number of piperazine rings is 1. The van der Waals surface area contributed by atoms with Crippen LogP contribution >= 0.6 is 0 Å². The van der Waals surface area contributed by atoms with Gasteiger partial charge in [-0.05, 0) is 38.1 Å². The quantitative estimate of drug-likeness (QED) is 0.622. The molecule has 3 heterocycles. The van der Waals surface area contributed by atoms with E-state index >= 15 is 0 Å². The average Bonchev–Trinajstić information content (AvgIpc) is 3.24. The fourth-order valence-corrected chi connectivity index (χ4v) is 4.13. The Morgan fingerprint density at radius 2 is 2.03 bits per heavy atom. The van der Waals surface area contributed by atoms with E-state index in [2.05, 4.69) is 51.3 Å². The summed E-state index contributed by atoms with van der Waals surface area (Å²) in [5.41, 5.74) is 3.25. The molecule has 1 atom stereocenters. The number of aryl methyl sites for hydroxylation is 1. The van der Waals surface area contributed by atoms with Gasteiger partial charge in [0.05, 0.1) is 23.9 Å². The molecule has 1 aliphatic rings. The number of fused-ring (bicyclic) bond motifs is 1. The molecule has 3 aromatic rings. The lowest BCUT2D eigenvalue weighted by Crippen LogP contribution is -2.51. The van der Waals surface area contributed by atoms with Crippen LogP contribution < -0.4 is 10.2 Å². The van der Waals surface area contributed by atoms with Gasteiger partial charge in [0.1, 0.15) is 11.5 Å². The molecular formula is C24H26N8O. The number of nitrogens with zero attached hydrogens (tertiary/aromatic N) is 7. The van der Waals surface area contributed by atoms with Crippen LogP contribution in [0.5, 0.6) is 0 Å². The lowest BCUT2D eigenvalue weighted by Gasteiger charge is -2.39. The first-order valence-corrected chi connectivity index (χ1v) is 11.0. The molecule has 1 saturated heterocycles. The summed E-state index contributed by atoms with van der Waals surface area (Å²) in [6.07, 6.45) is 2.63. The molecule has 0 radical (unpaired) electrons. The Morgan fingerprint density at radius 3 is 2.73 bits per heavy atom. The van der Waals surface area contributed by atoms with Crippen molar-refractivity contribution in [3.63, 3.8) is 0 Å². The monoisotopic (exact) mass is 442 g/mol. The number of nitriles is 2. The molecule has 33 heavy (non-hydrogen) atoms. The number of nitrogens with one attached hydrogen (secondary N) is 1. The van der Waals surface area contributed by atoms with Crippen molar-refractivity contribution in [1.29, 1.82) is 10.5 Å². The largest absolute Gasteiger partial charge is 0.351 e. The number of hydrogen-bond donors (Lipinski definition) is 1. The number of carbonyl (C=O) groups is 1. The topological polar surface area (TPSA) is 113 Å². The van der Waals surface area contributed by atoms with Gasteiger partial charge in [0, 0.05) is 50.3 Å². The maximum absolute atomic E-state index is 13.1. The summed E-state index contributed by atoms with van der Waals surface area (Å²) < 4.78 is 1.78. The van der Waals surface area contributed by atoms with Crippen LogP contribution in [0.4, 0.5) is 5.82 Å². The predicted molar refractivity (Wildman–Crippen MR) is 124 cm³/mol. The summed E-state index contributed by atoms with van der Waals surface area (Å²) >= 11 is 0. The second kappa shape index (κ2) is 9.68. The molecular weight excluding hydrogens is 416 g/mol. The molecule has 1 amide bonds. The number of anilines is 1. The molecule has 9 heteroatoms. The number of rotatable bonds is 6. The third-order valence-electron chi connectivity index (χ3n) is 5.93. The predicted octanol–water partition coefficient (Wildman–Crippen LogP) is 2.13. The molecule has 0 bridgehead atoms. The van der Waals surface area contributed by atoms with Crippen molar-refractivity contribution in [1.82, 2.24) is 24.8 Å². The van der Waals surface area contributed by atoms with Crippen LogP contribution in [0.3, 0.4) is 0 Å². The first kappa shape index (κ1) is 22.3. The van der Waals surface area contributed by atoms with E-state index in [9.17, 15) is 4.79 Å². The molecule has 4 rings (SSSR count). The van der Waals surface area contributed by atoms with Gasteiger partial charge in [-0.2, -0.15) is 20.1 Å². The van der Waals surface area contributed by atoms with Gasteiger partial charge in [-0.15, -0.1) is 0 Å². The second-order valence-corrected chi connectivity index (χ2v) is 8.36. The number of aromatic nitrogens is 3. The van der Waals surface area contributed by atoms with Crippen molar-refractivity contribution in [3.05, 3.63) is 58.9 Å². The van der Waals surface area contributed by atoms with Crippen molar-refractivity contribution in [2.24, 2.45) is 0 Å². The molecule has 0 spiro atoms. The number of carbonyl (C=O) groups excluding carboxylic acids is 1. The number of amides is 1. The Kier molecular flexibility index (Phi) is 6.53. The molecule has 1 aliphatic heterocycles. The van der Waals surface area contributed by atoms with Crippen molar-refractivity contribution in [2.75, 3.05) is 31.6 Å². The Balaban J connectivity index is 1.65. The van der Waals surface area contributed by atoms with E-state index in [-0.39, 0.29) is 11.9 Å². The number of likely N-dealkylation sites (N-methyl/N-ethyl adjacent to an activating group) is 1. The van der Waals surface area contributed by atoms with Gasteiger partial charge in [-0.25, -0.2) is 4.98 Å². The Morgan fingerprint density at radius 1 is 1.24 bits per heavy atom. The zero-order valence-electron chi connectivity index (χ0n) is 18.8. The Labute approximate surface area is 192 Å². The summed E-state index contributed by atoms with van der Waals surface area (Å²) in [5, 5.41) is 25.4. The van der Waals surface area contributed by atoms with Crippen molar-refractivity contribution in [2.45, 2.75) is 32.4 Å². The zero-order valence-corrected chi connectivity index (χ0v) is 18.8. The summed E-state index contributed by atoms with van der Waals surface area (Å²) in [4.78, 5) is 22.2. The Hall–Kier alpha value is -3.95. The first-order chi connectivity index (χ1) is 16.0. The van der Waals surface area contributed by atoms with Gasteiger partial charge in [-0.1, -0.05) is 12.1 Å². The van der Waals surface area contributed by atoms with Crippen molar-refractivity contribution < 1.29 is 4.79 Å². The minimum atomic E-state index is -0.280. The highest BCUT2D eigenvalue weighted by Crippen LogP contribution is 2.24. The summed E-state index contributed by atoms with van der Waals surface area (Å²) in [7, 11) is 2.10. The van der Waals surface area contributed by atoms with E-state index in [4.69, 9.17) is 10.5 Å². The van der Waals surface area contributed by atoms with Gasteiger partial charge in [-0.3, -0.25) is 4.79 Å². The fourth-order valence-electron chi connectivity index (χ4n) is 4.13. The van der Waals surface area contributed by atoms with Gasteiger partial charge in [0.25, 0.3) is 5.91 Å².